The van der Waals surface area contributed by atoms with Gasteiger partial charge in [0.15, 0.2) is 12.1 Å². The molecule has 0 aromatic heterocycles. The van der Waals surface area contributed by atoms with Gasteiger partial charge < -0.3 is 29.2 Å². The van der Waals surface area contributed by atoms with Gasteiger partial charge in [-0.2, -0.15) is 0 Å². The number of ether oxygens (including phenoxy) is 4. The molecule has 2 heterocycles. The number of hydrogen-bond donors (Lipinski definition) is 2. The second kappa shape index (κ2) is 5.88. The van der Waals surface area contributed by atoms with E-state index in [2.05, 4.69) is 0 Å². The zero-order valence-electron chi connectivity index (χ0n) is 12.8. The van der Waals surface area contributed by atoms with Crippen LogP contribution < -0.4 is 0 Å². The van der Waals surface area contributed by atoms with Crippen LogP contribution in [0.3, 0.4) is 0 Å². The molecule has 2 fully saturated rings. The molecule has 3 rings (SSSR count). The maximum atomic E-state index is 9.69. The summed E-state index contributed by atoms with van der Waals surface area (Å²) in [5, 5.41) is 19.4. The standard InChI is InChI=1S/C16H22O6/c1-15(2)20-12-13(19-8-11-6-4-3-5-7-11)16(9-17,10-18)22-14(12)21-15/h3-7,12-14,17-18H,8-10H2,1-2H3/t12-,13+,14-/m1/s1. The Bertz CT molecular complexity index is 499. The third-order valence-electron chi connectivity index (χ3n) is 4.06. The topological polar surface area (TPSA) is 77.4 Å². The molecule has 3 atom stereocenters. The molecular formula is C16H22O6. The van der Waals surface area contributed by atoms with Crippen LogP contribution in [0.4, 0.5) is 0 Å². The van der Waals surface area contributed by atoms with Gasteiger partial charge in [0.25, 0.3) is 0 Å². The minimum atomic E-state index is -1.22. The van der Waals surface area contributed by atoms with Crippen molar-refractivity contribution >= 4 is 0 Å². The highest BCUT2D eigenvalue weighted by Gasteiger charge is 2.62. The van der Waals surface area contributed by atoms with Crippen LogP contribution in [-0.4, -0.2) is 53.3 Å². The van der Waals surface area contributed by atoms with E-state index >= 15 is 0 Å². The van der Waals surface area contributed by atoms with E-state index in [1.54, 1.807) is 13.8 Å². The fourth-order valence-corrected chi connectivity index (χ4v) is 2.96. The van der Waals surface area contributed by atoms with Gasteiger partial charge in [-0.1, -0.05) is 30.3 Å². The highest BCUT2D eigenvalue weighted by atomic mass is 16.8. The number of hydrogen-bond acceptors (Lipinski definition) is 6. The number of rotatable bonds is 5. The maximum Gasteiger partial charge on any atom is 0.190 e. The summed E-state index contributed by atoms with van der Waals surface area (Å²) in [7, 11) is 0. The average Bonchev–Trinajstić information content (AvgIpc) is 2.95. The molecule has 22 heavy (non-hydrogen) atoms. The van der Waals surface area contributed by atoms with Gasteiger partial charge >= 0.3 is 0 Å². The van der Waals surface area contributed by atoms with Gasteiger partial charge in [0.1, 0.15) is 17.8 Å². The summed E-state index contributed by atoms with van der Waals surface area (Å²) in [6.07, 6.45) is -1.76. The van der Waals surface area contributed by atoms with Crippen molar-refractivity contribution in [1.29, 1.82) is 0 Å². The maximum absolute atomic E-state index is 9.69. The Kier molecular flexibility index (Phi) is 4.24. The molecule has 122 valence electrons. The fraction of sp³-hybridized carbons (Fsp3) is 0.625. The van der Waals surface area contributed by atoms with Crippen molar-refractivity contribution in [3.8, 4) is 0 Å². The minimum Gasteiger partial charge on any atom is -0.393 e. The van der Waals surface area contributed by atoms with Crippen molar-refractivity contribution in [2.75, 3.05) is 13.2 Å². The van der Waals surface area contributed by atoms with Crippen molar-refractivity contribution in [2.45, 2.75) is 50.3 Å². The molecule has 0 aliphatic carbocycles. The van der Waals surface area contributed by atoms with Crippen molar-refractivity contribution < 1.29 is 29.2 Å². The Balaban J connectivity index is 1.77. The quantitative estimate of drug-likeness (QED) is 0.838. The van der Waals surface area contributed by atoms with Crippen LogP contribution in [-0.2, 0) is 25.6 Å². The van der Waals surface area contributed by atoms with Crippen molar-refractivity contribution in [1.82, 2.24) is 0 Å². The van der Waals surface area contributed by atoms with E-state index in [1.165, 1.54) is 0 Å². The Morgan fingerprint density at radius 3 is 2.36 bits per heavy atom. The molecule has 2 aliphatic heterocycles. The Morgan fingerprint density at radius 2 is 1.73 bits per heavy atom. The molecule has 0 saturated carbocycles. The third-order valence-corrected chi connectivity index (χ3v) is 4.06. The third kappa shape index (κ3) is 2.78. The lowest BCUT2D eigenvalue weighted by Crippen LogP contribution is -2.52. The van der Waals surface area contributed by atoms with Gasteiger partial charge in [0, 0.05) is 0 Å². The van der Waals surface area contributed by atoms with E-state index in [1.807, 2.05) is 30.3 Å². The van der Waals surface area contributed by atoms with Crippen molar-refractivity contribution in [3.05, 3.63) is 35.9 Å². The molecule has 0 amide bonds. The van der Waals surface area contributed by atoms with Crippen molar-refractivity contribution in [3.63, 3.8) is 0 Å². The first-order valence-corrected chi connectivity index (χ1v) is 7.40. The van der Waals surface area contributed by atoms with Crippen LogP contribution >= 0.6 is 0 Å². The predicted molar refractivity (Wildman–Crippen MR) is 76.8 cm³/mol. The molecule has 2 N–H and O–H groups in total. The van der Waals surface area contributed by atoms with Crippen LogP contribution in [0, 0.1) is 0 Å². The summed E-state index contributed by atoms with van der Waals surface area (Å²) in [6, 6.07) is 9.68. The number of aliphatic hydroxyl groups is 2. The van der Waals surface area contributed by atoms with E-state index in [-0.39, 0.29) is 13.2 Å². The van der Waals surface area contributed by atoms with Crippen LogP contribution in [0.25, 0.3) is 0 Å². The van der Waals surface area contributed by atoms with Crippen molar-refractivity contribution in [2.24, 2.45) is 0 Å². The molecule has 2 saturated heterocycles. The number of fused-ring (bicyclic) bond motifs is 1. The molecule has 0 bridgehead atoms. The normalized spacial score (nSPS) is 32.1. The molecule has 1 aromatic rings. The monoisotopic (exact) mass is 310 g/mol. The van der Waals surface area contributed by atoms with Gasteiger partial charge in [-0.3, -0.25) is 0 Å². The molecule has 1 aromatic carbocycles. The zero-order chi connectivity index (χ0) is 15.8. The minimum absolute atomic E-state index is 0.337. The van der Waals surface area contributed by atoms with Gasteiger partial charge in [0.05, 0.1) is 19.8 Å². The van der Waals surface area contributed by atoms with Crippen LogP contribution in [0.2, 0.25) is 0 Å². The smallest absolute Gasteiger partial charge is 0.190 e. The number of aliphatic hydroxyl groups excluding tert-OH is 2. The van der Waals surface area contributed by atoms with E-state index < -0.39 is 29.9 Å². The van der Waals surface area contributed by atoms with Crippen LogP contribution in [0.1, 0.15) is 19.4 Å². The highest BCUT2D eigenvalue weighted by Crippen LogP contribution is 2.43. The molecule has 0 radical (unpaired) electrons. The SMILES string of the molecule is CC1(C)O[C@@H]2OC(CO)(CO)[C@@H](OCc3ccccc3)[C@H]2O1. The van der Waals surface area contributed by atoms with Gasteiger partial charge in [-0.05, 0) is 19.4 Å². The summed E-state index contributed by atoms with van der Waals surface area (Å²) in [5.74, 6) is -0.777. The average molecular weight is 310 g/mol. The fourth-order valence-electron chi connectivity index (χ4n) is 2.96. The van der Waals surface area contributed by atoms with E-state index in [0.717, 1.165) is 5.56 Å². The molecular weight excluding hydrogens is 288 g/mol. The lowest BCUT2D eigenvalue weighted by Gasteiger charge is -2.33. The van der Waals surface area contributed by atoms with E-state index in [9.17, 15) is 10.2 Å². The summed E-state index contributed by atoms with van der Waals surface area (Å²) in [6.45, 7) is 3.18. The van der Waals surface area contributed by atoms with Gasteiger partial charge in [0.2, 0.25) is 0 Å². The first-order valence-electron chi connectivity index (χ1n) is 7.40. The summed E-state index contributed by atoms with van der Waals surface area (Å²) < 4.78 is 23.2. The number of benzene rings is 1. The highest BCUT2D eigenvalue weighted by molar-refractivity contribution is 5.14. The largest absolute Gasteiger partial charge is 0.393 e. The molecule has 2 aliphatic rings. The second-order valence-corrected chi connectivity index (χ2v) is 6.18. The predicted octanol–water partition coefficient (Wildman–Crippen LogP) is 0.803. The van der Waals surface area contributed by atoms with E-state index in [0.29, 0.717) is 6.61 Å². The molecule has 6 heteroatoms. The summed E-state index contributed by atoms with van der Waals surface area (Å²) in [5.41, 5.74) is -0.227. The summed E-state index contributed by atoms with van der Waals surface area (Å²) in [4.78, 5) is 0. The lowest BCUT2D eigenvalue weighted by atomic mass is 9.97. The van der Waals surface area contributed by atoms with Crippen LogP contribution in [0.5, 0.6) is 0 Å². The van der Waals surface area contributed by atoms with Crippen LogP contribution in [0.15, 0.2) is 30.3 Å². The Labute approximate surface area is 129 Å². The van der Waals surface area contributed by atoms with Gasteiger partial charge in [-0.15, -0.1) is 0 Å². The second-order valence-electron chi connectivity index (χ2n) is 6.18. The summed E-state index contributed by atoms with van der Waals surface area (Å²) >= 11 is 0. The molecule has 6 nitrogen and oxygen atoms in total. The lowest BCUT2D eigenvalue weighted by molar-refractivity contribution is -0.258. The molecule has 0 unspecified atom stereocenters. The Hall–Kier alpha value is -1.02. The zero-order valence-corrected chi connectivity index (χ0v) is 12.8. The van der Waals surface area contributed by atoms with Gasteiger partial charge in [-0.25, -0.2) is 0 Å². The van der Waals surface area contributed by atoms with E-state index in [4.69, 9.17) is 18.9 Å². The Morgan fingerprint density at radius 1 is 1.05 bits per heavy atom. The molecule has 0 spiro atoms. The first-order chi connectivity index (χ1) is 10.5. The first kappa shape index (κ1) is 15.9.